The van der Waals surface area contributed by atoms with Crippen LogP contribution in [0, 0.1) is 0 Å². The minimum atomic E-state index is -0.172. The number of aromatic nitrogens is 1. The number of rotatable bonds is 3. The van der Waals surface area contributed by atoms with Crippen LogP contribution < -0.4 is 4.90 Å². The summed E-state index contributed by atoms with van der Waals surface area (Å²) in [7, 11) is 0. The van der Waals surface area contributed by atoms with E-state index in [4.69, 9.17) is 4.42 Å². The Morgan fingerprint density at radius 2 is 1.24 bits per heavy atom. The Labute approximate surface area is 243 Å². The molecular formula is C39H28N2O. The summed E-state index contributed by atoms with van der Waals surface area (Å²) in [5.74, 6) is 0. The van der Waals surface area contributed by atoms with Crippen LogP contribution in [0.15, 0.2) is 138 Å². The second-order valence-corrected chi connectivity index (χ2v) is 11.8. The van der Waals surface area contributed by atoms with Crippen molar-refractivity contribution in [1.82, 2.24) is 4.57 Å². The zero-order valence-electron chi connectivity index (χ0n) is 23.5. The van der Waals surface area contributed by atoms with Crippen molar-refractivity contribution in [2.24, 2.45) is 0 Å². The fourth-order valence-electron chi connectivity index (χ4n) is 7.18. The molecule has 1 aliphatic heterocycles. The fourth-order valence-corrected chi connectivity index (χ4v) is 7.18. The van der Waals surface area contributed by atoms with Gasteiger partial charge in [0, 0.05) is 38.6 Å². The maximum Gasteiger partial charge on any atom is 0.145 e. The Morgan fingerprint density at radius 3 is 2.00 bits per heavy atom. The van der Waals surface area contributed by atoms with Gasteiger partial charge >= 0.3 is 0 Å². The van der Waals surface area contributed by atoms with Crippen LogP contribution in [0.25, 0.3) is 49.4 Å². The van der Waals surface area contributed by atoms with Gasteiger partial charge in [-0.15, -0.1) is 0 Å². The van der Waals surface area contributed by atoms with Crippen LogP contribution in [0.1, 0.15) is 25.0 Å². The highest BCUT2D eigenvalue weighted by Gasteiger charge is 2.37. The van der Waals surface area contributed by atoms with Gasteiger partial charge in [0.05, 0.1) is 22.1 Å². The summed E-state index contributed by atoms with van der Waals surface area (Å²) in [4.78, 5) is 2.33. The summed E-state index contributed by atoms with van der Waals surface area (Å²) in [6, 6.07) is 47.8. The summed E-state index contributed by atoms with van der Waals surface area (Å²) >= 11 is 0. The summed E-state index contributed by atoms with van der Waals surface area (Å²) in [6.07, 6.45) is 0. The Bertz CT molecular complexity index is 2280. The van der Waals surface area contributed by atoms with Gasteiger partial charge < -0.3 is 13.9 Å². The highest BCUT2D eigenvalue weighted by atomic mass is 16.3. The van der Waals surface area contributed by atoms with Gasteiger partial charge in [-0.3, -0.25) is 0 Å². The molecule has 3 heteroatoms. The van der Waals surface area contributed by atoms with Gasteiger partial charge in [-0.25, -0.2) is 0 Å². The van der Waals surface area contributed by atoms with E-state index in [1.807, 2.05) is 0 Å². The number of nitrogens with zero attached hydrogens (tertiary/aromatic N) is 2. The quantitative estimate of drug-likeness (QED) is 0.222. The number of fused-ring (bicyclic) bond motifs is 9. The van der Waals surface area contributed by atoms with Crippen LogP contribution in [0.5, 0.6) is 0 Å². The van der Waals surface area contributed by atoms with Crippen molar-refractivity contribution in [2.45, 2.75) is 19.3 Å². The Morgan fingerprint density at radius 1 is 0.571 bits per heavy atom. The number of anilines is 3. The van der Waals surface area contributed by atoms with E-state index < -0.39 is 0 Å². The first kappa shape index (κ1) is 23.4. The van der Waals surface area contributed by atoms with E-state index in [2.05, 4.69) is 157 Å². The smallest absolute Gasteiger partial charge is 0.145 e. The zero-order chi connectivity index (χ0) is 28.0. The molecule has 0 unspecified atom stereocenters. The van der Waals surface area contributed by atoms with Gasteiger partial charge in [-0.05, 0) is 71.8 Å². The first-order chi connectivity index (χ1) is 20.6. The third kappa shape index (κ3) is 3.05. The van der Waals surface area contributed by atoms with Crippen molar-refractivity contribution >= 4 is 60.8 Å². The lowest BCUT2D eigenvalue weighted by Crippen LogP contribution is -2.26. The van der Waals surface area contributed by atoms with E-state index in [-0.39, 0.29) is 5.41 Å². The topological polar surface area (TPSA) is 21.3 Å². The van der Waals surface area contributed by atoms with Gasteiger partial charge in [0.15, 0.2) is 0 Å². The molecule has 2 aromatic heterocycles. The predicted molar refractivity (Wildman–Crippen MR) is 175 cm³/mol. The highest BCUT2D eigenvalue weighted by Crippen LogP contribution is 2.51. The van der Waals surface area contributed by atoms with E-state index in [9.17, 15) is 0 Å². The molecule has 0 N–H and O–H groups in total. The molecule has 200 valence electrons. The zero-order valence-corrected chi connectivity index (χ0v) is 23.5. The van der Waals surface area contributed by atoms with Gasteiger partial charge in [-0.1, -0.05) is 86.6 Å². The summed E-state index contributed by atoms with van der Waals surface area (Å²) < 4.78 is 9.14. The molecule has 6 aromatic carbocycles. The molecular weight excluding hydrogens is 512 g/mol. The lowest BCUT2D eigenvalue weighted by molar-refractivity contribution is 0.630. The minimum absolute atomic E-state index is 0.172. The number of benzene rings is 6. The van der Waals surface area contributed by atoms with Crippen molar-refractivity contribution in [3.8, 4) is 5.69 Å². The largest absolute Gasteiger partial charge is 0.455 e. The van der Waals surface area contributed by atoms with Gasteiger partial charge in [0.2, 0.25) is 0 Å². The molecule has 0 radical (unpaired) electrons. The molecule has 0 aliphatic carbocycles. The predicted octanol–water partition coefficient (Wildman–Crippen LogP) is 10.8. The Kier molecular flexibility index (Phi) is 4.67. The lowest BCUT2D eigenvalue weighted by Gasteiger charge is -2.34. The average Bonchev–Trinajstić information content (AvgIpc) is 3.57. The van der Waals surface area contributed by atoms with Crippen molar-refractivity contribution < 1.29 is 4.42 Å². The lowest BCUT2D eigenvalue weighted by atomic mass is 9.74. The van der Waals surface area contributed by atoms with Crippen molar-refractivity contribution in [3.05, 3.63) is 145 Å². The first-order valence-corrected chi connectivity index (χ1v) is 14.5. The maximum absolute atomic E-state index is 6.66. The highest BCUT2D eigenvalue weighted by molar-refractivity contribution is 6.25. The van der Waals surface area contributed by atoms with Crippen molar-refractivity contribution in [2.75, 3.05) is 4.90 Å². The molecule has 8 aromatic rings. The molecule has 9 rings (SSSR count). The summed E-state index contributed by atoms with van der Waals surface area (Å²) in [5.41, 5.74) is 11.4. The van der Waals surface area contributed by atoms with Crippen LogP contribution >= 0.6 is 0 Å². The molecule has 0 bridgehead atoms. The maximum atomic E-state index is 6.66. The normalized spacial score (nSPS) is 13.7. The standard InChI is InChI=1S/C39H28N2O/c1-39(2)31-18-10-11-19-33(31)41-34-23-27(40(25-13-5-3-6-14-25)26-15-7-4-8-16-26)21-22-29(34)36-37(41)32(39)24-30-28-17-9-12-20-35(28)42-38(30)36/h3-24H,1-2H3. The Balaban J connectivity index is 1.45. The number of hydrogen-bond donors (Lipinski definition) is 0. The molecule has 3 heterocycles. The van der Waals surface area contributed by atoms with Crippen LogP contribution in [-0.2, 0) is 5.41 Å². The molecule has 3 nitrogen and oxygen atoms in total. The van der Waals surface area contributed by atoms with E-state index in [0.717, 1.165) is 33.6 Å². The average molecular weight is 541 g/mol. The minimum Gasteiger partial charge on any atom is -0.455 e. The van der Waals surface area contributed by atoms with E-state index in [1.165, 1.54) is 44.0 Å². The summed E-state index contributed by atoms with van der Waals surface area (Å²) in [5, 5.41) is 4.73. The van der Waals surface area contributed by atoms with Crippen LogP contribution in [0.4, 0.5) is 17.1 Å². The molecule has 0 saturated heterocycles. The first-order valence-electron chi connectivity index (χ1n) is 14.5. The molecule has 0 fully saturated rings. The second-order valence-electron chi connectivity index (χ2n) is 11.8. The molecule has 0 saturated carbocycles. The number of hydrogen-bond acceptors (Lipinski definition) is 2. The van der Waals surface area contributed by atoms with Crippen LogP contribution in [0.2, 0.25) is 0 Å². The van der Waals surface area contributed by atoms with E-state index in [0.29, 0.717) is 0 Å². The molecule has 1 aliphatic rings. The van der Waals surface area contributed by atoms with Gasteiger partial charge in [0.25, 0.3) is 0 Å². The summed E-state index contributed by atoms with van der Waals surface area (Å²) in [6.45, 7) is 4.71. The van der Waals surface area contributed by atoms with Crippen molar-refractivity contribution in [1.29, 1.82) is 0 Å². The second kappa shape index (κ2) is 8.37. The van der Waals surface area contributed by atoms with Gasteiger partial charge in [-0.2, -0.15) is 0 Å². The van der Waals surface area contributed by atoms with Crippen LogP contribution in [0.3, 0.4) is 0 Å². The van der Waals surface area contributed by atoms with E-state index in [1.54, 1.807) is 0 Å². The molecule has 0 spiro atoms. The number of para-hydroxylation sites is 4. The molecule has 42 heavy (non-hydrogen) atoms. The third-order valence-corrected chi connectivity index (χ3v) is 9.14. The number of furan rings is 1. The fraction of sp³-hybridized carbons (Fsp3) is 0.0769. The third-order valence-electron chi connectivity index (χ3n) is 9.14. The van der Waals surface area contributed by atoms with Gasteiger partial charge in [0.1, 0.15) is 11.2 Å². The van der Waals surface area contributed by atoms with Crippen molar-refractivity contribution in [3.63, 3.8) is 0 Å². The SMILES string of the molecule is CC1(C)c2ccccc2-n2c3cc(N(c4ccccc4)c4ccccc4)ccc3c3c4oc5ccccc5c4cc1c32. The van der Waals surface area contributed by atoms with Crippen LogP contribution in [-0.4, -0.2) is 4.57 Å². The molecule has 0 amide bonds. The monoisotopic (exact) mass is 540 g/mol. The van der Waals surface area contributed by atoms with E-state index >= 15 is 0 Å². The Hall–Kier alpha value is -5.28. The molecule has 0 atom stereocenters.